The van der Waals surface area contributed by atoms with Crippen molar-refractivity contribution < 1.29 is 0 Å². The molecular weight excluding hydrogens is 278 g/mol. The summed E-state index contributed by atoms with van der Waals surface area (Å²) in [4.78, 5) is 11.7. The van der Waals surface area contributed by atoms with Crippen molar-refractivity contribution in [1.82, 2.24) is 14.8 Å². The van der Waals surface area contributed by atoms with Gasteiger partial charge in [-0.1, -0.05) is 11.3 Å². The molecule has 0 aliphatic rings. The molecule has 78 valence electrons. The van der Waals surface area contributed by atoms with Crippen LogP contribution in [0.15, 0.2) is 27.6 Å². The summed E-state index contributed by atoms with van der Waals surface area (Å²) in [5.74, 6) is 0. The van der Waals surface area contributed by atoms with E-state index in [4.69, 9.17) is 0 Å². The smallest absolute Gasteiger partial charge is 0.265 e. The number of hydrogen-bond donors (Lipinski definition) is 0. The number of halogens is 1. The molecule has 2 heterocycles. The summed E-state index contributed by atoms with van der Waals surface area (Å²) in [5.41, 5.74) is -0.0506. The van der Waals surface area contributed by atoms with Gasteiger partial charge in [-0.15, -0.1) is 10.2 Å². The highest BCUT2D eigenvalue weighted by Gasteiger charge is 2.04. The van der Waals surface area contributed by atoms with Crippen LogP contribution in [-0.4, -0.2) is 14.8 Å². The Labute approximate surface area is 98.7 Å². The lowest BCUT2D eigenvalue weighted by molar-refractivity contribution is 0.739. The molecule has 2 aromatic rings. The van der Waals surface area contributed by atoms with Crippen molar-refractivity contribution in [3.05, 3.63) is 43.2 Å². The van der Waals surface area contributed by atoms with Gasteiger partial charge < -0.3 is 4.57 Å². The zero-order valence-electron chi connectivity index (χ0n) is 7.98. The number of aryl methyl sites for hydroxylation is 1. The van der Waals surface area contributed by atoms with Gasteiger partial charge in [0.25, 0.3) is 5.56 Å². The SMILES string of the molecule is Cc1nnc(Cn2cccc(Br)c2=O)s1. The summed E-state index contributed by atoms with van der Waals surface area (Å²) in [6.45, 7) is 2.37. The Morgan fingerprint density at radius 2 is 2.33 bits per heavy atom. The highest BCUT2D eigenvalue weighted by Crippen LogP contribution is 2.09. The van der Waals surface area contributed by atoms with Crippen LogP contribution < -0.4 is 5.56 Å². The van der Waals surface area contributed by atoms with Crippen molar-refractivity contribution in [1.29, 1.82) is 0 Å². The summed E-state index contributed by atoms with van der Waals surface area (Å²) in [6.07, 6.45) is 1.74. The fraction of sp³-hybridized carbons (Fsp3) is 0.222. The third-order valence-electron chi connectivity index (χ3n) is 1.85. The molecule has 0 aliphatic carbocycles. The summed E-state index contributed by atoms with van der Waals surface area (Å²) in [5, 5.41) is 9.63. The van der Waals surface area contributed by atoms with Crippen molar-refractivity contribution >= 4 is 27.3 Å². The first-order valence-electron chi connectivity index (χ1n) is 4.31. The van der Waals surface area contributed by atoms with Gasteiger partial charge in [0.2, 0.25) is 0 Å². The van der Waals surface area contributed by atoms with Crippen LogP contribution in [0.1, 0.15) is 10.0 Å². The van der Waals surface area contributed by atoms with Gasteiger partial charge in [-0.05, 0) is 35.0 Å². The van der Waals surface area contributed by atoms with Gasteiger partial charge in [-0.2, -0.15) is 0 Å². The van der Waals surface area contributed by atoms with Crippen LogP contribution in [-0.2, 0) is 6.54 Å². The molecule has 0 amide bonds. The molecule has 15 heavy (non-hydrogen) atoms. The molecule has 0 aliphatic heterocycles. The van der Waals surface area contributed by atoms with Crippen molar-refractivity contribution in [2.45, 2.75) is 13.5 Å². The second-order valence-corrected chi connectivity index (χ2v) is 5.12. The molecule has 2 rings (SSSR count). The molecule has 0 atom stereocenters. The van der Waals surface area contributed by atoms with E-state index in [1.807, 2.05) is 13.0 Å². The van der Waals surface area contributed by atoms with E-state index < -0.39 is 0 Å². The van der Waals surface area contributed by atoms with Gasteiger partial charge in [0.1, 0.15) is 10.0 Å². The van der Waals surface area contributed by atoms with Crippen molar-refractivity contribution in [3.8, 4) is 0 Å². The average Bonchev–Trinajstić information content (AvgIpc) is 2.59. The summed E-state index contributed by atoms with van der Waals surface area (Å²) < 4.78 is 2.16. The van der Waals surface area contributed by atoms with E-state index >= 15 is 0 Å². The molecule has 0 unspecified atom stereocenters. The second-order valence-electron chi connectivity index (χ2n) is 3.00. The van der Waals surface area contributed by atoms with Gasteiger partial charge in [0, 0.05) is 6.20 Å². The van der Waals surface area contributed by atoms with Gasteiger partial charge >= 0.3 is 0 Å². The van der Waals surface area contributed by atoms with E-state index in [9.17, 15) is 4.79 Å². The Bertz CT molecular complexity index is 534. The first-order chi connectivity index (χ1) is 7.16. The maximum atomic E-state index is 11.7. The maximum Gasteiger partial charge on any atom is 0.265 e. The van der Waals surface area contributed by atoms with Crippen molar-refractivity contribution in [2.75, 3.05) is 0 Å². The minimum atomic E-state index is -0.0506. The van der Waals surface area contributed by atoms with E-state index in [0.29, 0.717) is 11.0 Å². The third kappa shape index (κ3) is 2.32. The number of pyridine rings is 1. The molecule has 6 heteroatoms. The van der Waals surface area contributed by atoms with Crippen molar-refractivity contribution in [2.24, 2.45) is 0 Å². The maximum absolute atomic E-state index is 11.7. The standard InChI is InChI=1S/C9H8BrN3OS/c1-6-11-12-8(15-6)5-13-4-2-3-7(10)9(13)14/h2-4H,5H2,1H3. The Morgan fingerprint density at radius 3 is 3.00 bits per heavy atom. The van der Waals surface area contributed by atoms with Crippen LogP contribution >= 0.6 is 27.3 Å². The Hall–Kier alpha value is -1.01. The lowest BCUT2D eigenvalue weighted by Crippen LogP contribution is -2.20. The first kappa shape index (κ1) is 10.5. The van der Waals surface area contributed by atoms with E-state index in [0.717, 1.165) is 10.0 Å². The van der Waals surface area contributed by atoms with E-state index in [-0.39, 0.29) is 5.56 Å². The number of rotatable bonds is 2. The molecule has 0 N–H and O–H groups in total. The van der Waals surface area contributed by atoms with Crippen LogP contribution in [0.5, 0.6) is 0 Å². The highest BCUT2D eigenvalue weighted by atomic mass is 79.9. The quantitative estimate of drug-likeness (QED) is 0.846. The molecule has 0 saturated carbocycles. The minimum Gasteiger partial charge on any atom is -0.308 e. The predicted octanol–water partition coefficient (Wildman–Crippen LogP) is 1.82. The molecule has 4 nitrogen and oxygen atoms in total. The lowest BCUT2D eigenvalue weighted by atomic mass is 10.4. The lowest BCUT2D eigenvalue weighted by Gasteiger charge is -2.01. The highest BCUT2D eigenvalue weighted by molar-refractivity contribution is 9.10. The molecule has 0 radical (unpaired) electrons. The van der Waals surface area contributed by atoms with Gasteiger partial charge in [0.15, 0.2) is 0 Å². The zero-order chi connectivity index (χ0) is 10.8. The molecule has 0 fully saturated rings. The monoisotopic (exact) mass is 285 g/mol. The number of nitrogens with zero attached hydrogens (tertiary/aromatic N) is 3. The number of aromatic nitrogens is 3. The van der Waals surface area contributed by atoms with Crippen LogP contribution in [0.2, 0.25) is 0 Å². The topological polar surface area (TPSA) is 47.8 Å². The third-order valence-corrected chi connectivity index (χ3v) is 3.27. The van der Waals surface area contributed by atoms with Crippen LogP contribution in [0, 0.1) is 6.92 Å². The zero-order valence-corrected chi connectivity index (χ0v) is 10.4. The molecule has 0 saturated heterocycles. The molecule has 0 aromatic carbocycles. The Kier molecular flexibility index (Phi) is 2.97. The fourth-order valence-electron chi connectivity index (χ4n) is 1.18. The predicted molar refractivity (Wildman–Crippen MR) is 62.2 cm³/mol. The van der Waals surface area contributed by atoms with Crippen LogP contribution in [0.3, 0.4) is 0 Å². The second kappa shape index (κ2) is 4.24. The van der Waals surface area contributed by atoms with Gasteiger partial charge in [-0.3, -0.25) is 4.79 Å². The minimum absolute atomic E-state index is 0.0506. The molecule has 0 bridgehead atoms. The van der Waals surface area contributed by atoms with E-state index in [1.165, 1.54) is 11.3 Å². The summed E-state index contributed by atoms with van der Waals surface area (Å²) >= 11 is 4.70. The van der Waals surface area contributed by atoms with Gasteiger partial charge in [0.05, 0.1) is 11.0 Å². The molecular formula is C9H8BrN3OS. The normalized spacial score (nSPS) is 10.5. The Balaban J connectivity index is 2.32. The first-order valence-corrected chi connectivity index (χ1v) is 5.91. The van der Waals surface area contributed by atoms with Gasteiger partial charge in [-0.25, -0.2) is 0 Å². The fourth-order valence-corrected chi connectivity index (χ4v) is 2.27. The molecule has 0 spiro atoms. The average molecular weight is 286 g/mol. The van der Waals surface area contributed by atoms with Crippen LogP contribution in [0.4, 0.5) is 0 Å². The summed E-state index contributed by atoms with van der Waals surface area (Å²) in [7, 11) is 0. The van der Waals surface area contributed by atoms with E-state index in [1.54, 1.807) is 16.8 Å². The molecule has 2 aromatic heterocycles. The van der Waals surface area contributed by atoms with E-state index in [2.05, 4.69) is 26.1 Å². The van der Waals surface area contributed by atoms with Crippen LogP contribution in [0.25, 0.3) is 0 Å². The Morgan fingerprint density at radius 1 is 1.53 bits per heavy atom. The summed E-state index contributed by atoms with van der Waals surface area (Å²) in [6, 6.07) is 3.55. The number of hydrogen-bond acceptors (Lipinski definition) is 4. The van der Waals surface area contributed by atoms with Crippen molar-refractivity contribution in [3.63, 3.8) is 0 Å². The largest absolute Gasteiger partial charge is 0.308 e.